The molecule has 1 N–H and O–H groups in total. The van der Waals surface area contributed by atoms with Gasteiger partial charge in [-0.25, -0.2) is 0 Å². The molecule has 0 aromatic rings. The zero-order valence-electron chi connectivity index (χ0n) is 12.3. The molecule has 1 aliphatic heterocycles. The van der Waals surface area contributed by atoms with Crippen LogP contribution in [0.5, 0.6) is 0 Å². The second-order valence-corrected chi connectivity index (χ2v) is 4.89. The maximum atomic E-state index is 10.1. The van der Waals surface area contributed by atoms with E-state index < -0.39 is 12.4 Å². The van der Waals surface area contributed by atoms with Crippen LogP contribution in [-0.2, 0) is 18.9 Å². The zero-order chi connectivity index (χ0) is 14.1. The second kappa shape index (κ2) is 9.66. The third-order valence-corrected chi connectivity index (χ3v) is 3.26. The summed E-state index contributed by atoms with van der Waals surface area (Å²) in [4.78, 5) is 0. The van der Waals surface area contributed by atoms with Gasteiger partial charge in [0.1, 0.15) is 18.3 Å². The quantitative estimate of drug-likeness (QED) is 0.616. The molecular weight excluding hydrogens is 248 g/mol. The van der Waals surface area contributed by atoms with Gasteiger partial charge in [-0.2, -0.15) is 0 Å². The van der Waals surface area contributed by atoms with Crippen molar-refractivity contribution >= 4 is 0 Å². The van der Waals surface area contributed by atoms with Gasteiger partial charge in [0.15, 0.2) is 6.29 Å². The van der Waals surface area contributed by atoms with Crippen LogP contribution < -0.4 is 0 Å². The van der Waals surface area contributed by atoms with Crippen molar-refractivity contribution in [3.63, 3.8) is 0 Å². The Morgan fingerprint density at radius 1 is 1.11 bits per heavy atom. The third kappa shape index (κ3) is 5.36. The Bertz CT molecular complexity index is 224. The number of unbranched alkanes of at least 4 members (excludes halogenated alkanes) is 2. The predicted octanol–water partition coefficient (Wildman–Crippen LogP) is 1.72. The van der Waals surface area contributed by atoms with Crippen LogP contribution in [0.15, 0.2) is 0 Å². The summed E-state index contributed by atoms with van der Waals surface area (Å²) >= 11 is 0. The van der Waals surface area contributed by atoms with Crippen molar-refractivity contribution < 1.29 is 24.1 Å². The molecule has 1 heterocycles. The summed E-state index contributed by atoms with van der Waals surface area (Å²) in [6.07, 6.45) is 2.19. The summed E-state index contributed by atoms with van der Waals surface area (Å²) < 4.78 is 22.0. The van der Waals surface area contributed by atoms with E-state index in [1.165, 1.54) is 7.11 Å². The first kappa shape index (κ1) is 16.9. The van der Waals surface area contributed by atoms with E-state index in [1.807, 2.05) is 0 Å². The van der Waals surface area contributed by atoms with Crippen LogP contribution in [0.1, 0.15) is 39.5 Å². The van der Waals surface area contributed by atoms with Gasteiger partial charge < -0.3 is 24.1 Å². The Morgan fingerprint density at radius 3 is 2.42 bits per heavy atom. The first-order valence-corrected chi connectivity index (χ1v) is 7.30. The van der Waals surface area contributed by atoms with E-state index in [0.717, 1.165) is 25.7 Å². The van der Waals surface area contributed by atoms with Crippen molar-refractivity contribution in [3.05, 3.63) is 0 Å². The monoisotopic (exact) mass is 276 g/mol. The number of ether oxygens (including phenoxy) is 4. The minimum Gasteiger partial charge on any atom is -0.385 e. The average Bonchev–Trinajstić information content (AvgIpc) is 2.72. The van der Waals surface area contributed by atoms with Gasteiger partial charge >= 0.3 is 0 Å². The van der Waals surface area contributed by atoms with Gasteiger partial charge in [0, 0.05) is 20.3 Å². The standard InChI is InChI=1S/C14H28O5/c1-4-6-8-17-10-11-13(18-9-7-5-2)12(15)14(16-3)19-11/h11-15H,4-10H2,1-3H3/t11-,12-,13?,14?/m1/s1. The molecule has 0 spiro atoms. The lowest BCUT2D eigenvalue weighted by Crippen LogP contribution is -2.37. The second-order valence-electron chi connectivity index (χ2n) is 4.89. The minimum absolute atomic E-state index is 0.256. The fourth-order valence-electron chi connectivity index (χ4n) is 2.05. The first-order chi connectivity index (χ1) is 9.24. The molecule has 0 aliphatic carbocycles. The van der Waals surface area contributed by atoms with Gasteiger partial charge in [0.05, 0.1) is 6.61 Å². The van der Waals surface area contributed by atoms with Crippen LogP contribution in [0.25, 0.3) is 0 Å². The van der Waals surface area contributed by atoms with Crippen LogP contribution in [-0.4, -0.2) is 56.6 Å². The highest BCUT2D eigenvalue weighted by Crippen LogP contribution is 2.25. The summed E-state index contributed by atoms with van der Waals surface area (Å²) in [6.45, 7) is 6.01. The van der Waals surface area contributed by atoms with E-state index in [2.05, 4.69) is 13.8 Å². The predicted molar refractivity (Wildman–Crippen MR) is 72.1 cm³/mol. The molecule has 19 heavy (non-hydrogen) atoms. The van der Waals surface area contributed by atoms with Crippen molar-refractivity contribution in [2.75, 3.05) is 26.9 Å². The Labute approximate surface area is 116 Å². The van der Waals surface area contributed by atoms with Crippen LogP contribution in [0.3, 0.4) is 0 Å². The third-order valence-electron chi connectivity index (χ3n) is 3.26. The van der Waals surface area contributed by atoms with E-state index >= 15 is 0 Å². The number of hydrogen-bond donors (Lipinski definition) is 1. The summed E-state index contributed by atoms with van der Waals surface area (Å²) in [5.41, 5.74) is 0. The lowest BCUT2D eigenvalue weighted by molar-refractivity contribution is -0.156. The largest absolute Gasteiger partial charge is 0.385 e. The maximum absolute atomic E-state index is 10.1. The molecule has 0 saturated carbocycles. The molecule has 0 amide bonds. The number of aliphatic hydroxyl groups is 1. The minimum atomic E-state index is -0.748. The summed E-state index contributed by atoms with van der Waals surface area (Å²) in [6, 6.07) is 0. The topological polar surface area (TPSA) is 57.2 Å². The first-order valence-electron chi connectivity index (χ1n) is 7.30. The molecule has 1 fully saturated rings. The van der Waals surface area contributed by atoms with Crippen molar-refractivity contribution in [2.45, 2.75) is 64.1 Å². The van der Waals surface area contributed by atoms with Crippen LogP contribution >= 0.6 is 0 Å². The van der Waals surface area contributed by atoms with Gasteiger partial charge in [-0.15, -0.1) is 0 Å². The molecule has 5 heteroatoms. The summed E-state index contributed by atoms with van der Waals surface area (Å²) in [5.74, 6) is 0. The Morgan fingerprint density at radius 2 is 1.79 bits per heavy atom. The van der Waals surface area contributed by atoms with Crippen molar-refractivity contribution in [1.29, 1.82) is 0 Å². The van der Waals surface area contributed by atoms with Crippen molar-refractivity contribution in [3.8, 4) is 0 Å². The smallest absolute Gasteiger partial charge is 0.186 e. The fraction of sp³-hybridized carbons (Fsp3) is 1.00. The molecule has 4 atom stereocenters. The molecule has 0 aromatic carbocycles. The Balaban J connectivity index is 2.40. The van der Waals surface area contributed by atoms with E-state index in [1.54, 1.807) is 0 Å². The SMILES string of the molecule is CCCCOC[C@H]1OC(OC)[C@H](O)C1OCCCC. The summed E-state index contributed by atoms with van der Waals surface area (Å²) in [7, 11) is 1.53. The van der Waals surface area contributed by atoms with Gasteiger partial charge in [-0.05, 0) is 12.8 Å². The Hall–Kier alpha value is -0.200. The lowest BCUT2D eigenvalue weighted by Gasteiger charge is -2.20. The van der Waals surface area contributed by atoms with Gasteiger partial charge in [0.2, 0.25) is 0 Å². The van der Waals surface area contributed by atoms with Crippen molar-refractivity contribution in [2.24, 2.45) is 0 Å². The van der Waals surface area contributed by atoms with E-state index in [0.29, 0.717) is 19.8 Å². The van der Waals surface area contributed by atoms with E-state index in [4.69, 9.17) is 18.9 Å². The van der Waals surface area contributed by atoms with E-state index in [-0.39, 0.29) is 12.2 Å². The normalized spacial score (nSPS) is 30.9. The Kier molecular flexibility index (Phi) is 8.57. The highest BCUT2D eigenvalue weighted by atomic mass is 16.7. The molecule has 2 unspecified atom stereocenters. The van der Waals surface area contributed by atoms with Crippen LogP contribution in [0.4, 0.5) is 0 Å². The zero-order valence-corrected chi connectivity index (χ0v) is 12.3. The van der Waals surface area contributed by atoms with E-state index in [9.17, 15) is 5.11 Å². The van der Waals surface area contributed by atoms with Crippen molar-refractivity contribution in [1.82, 2.24) is 0 Å². The fourth-order valence-corrected chi connectivity index (χ4v) is 2.05. The molecule has 1 saturated heterocycles. The number of hydrogen-bond acceptors (Lipinski definition) is 5. The molecule has 0 aromatic heterocycles. The maximum Gasteiger partial charge on any atom is 0.186 e. The average molecular weight is 276 g/mol. The molecular formula is C14H28O5. The highest BCUT2D eigenvalue weighted by molar-refractivity contribution is 4.88. The molecule has 0 bridgehead atoms. The number of aliphatic hydroxyl groups excluding tert-OH is 1. The lowest BCUT2D eigenvalue weighted by atomic mass is 10.1. The molecule has 0 radical (unpaired) electrons. The van der Waals surface area contributed by atoms with Gasteiger partial charge in [-0.1, -0.05) is 26.7 Å². The molecule has 1 aliphatic rings. The number of rotatable bonds is 10. The molecule has 5 nitrogen and oxygen atoms in total. The summed E-state index contributed by atoms with van der Waals surface area (Å²) in [5, 5.41) is 10.1. The van der Waals surface area contributed by atoms with Crippen LogP contribution in [0, 0.1) is 0 Å². The van der Waals surface area contributed by atoms with Gasteiger partial charge in [-0.3, -0.25) is 0 Å². The number of methoxy groups -OCH3 is 1. The van der Waals surface area contributed by atoms with Crippen LogP contribution in [0.2, 0.25) is 0 Å². The van der Waals surface area contributed by atoms with Gasteiger partial charge in [0.25, 0.3) is 0 Å². The molecule has 1 rings (SSSR count). The molecule has 114 valence electrons. The highest BCUT2D eigenvalue weighted by Gasteiger charge is 2.44.